The van der Waals surface area contributed by atoms with Gasteiger partial charge in [0.2, 0.25) is 17.6 Å². The summed E-state index contributed by atoms with van der Waals surface area (Å²) in [5.41, 5.74) is 4.40. The van der Waals surface area contributed by atoms with E-state index in [1.165, 1.54) is 5.56 Å². The lowest BCUT2D eigenvalue weighted by atomic mass is 9.87. The minimum Gasteiger partial charge on any atom is -0.352 e. The summed E-state index contributed by atoms with van der Waals surface area (Å²) in [5.74, 6) is 2.09. The molecule has 8 nitrogen and oxygen atoms in total. The third kappa shape index (κ3) is 5.86. The summed E-state index contributed by atoms with van der Waals surface area (Å²) in [6.45, 7) is 11.2. The van der Waals surface area contributed by atoms with E-state index in [9.17, 15) is 4.79 Å². The third-order valence-electron chi connectivity index (χ3n) is 7.24. The zero-order valence-electron chi connectivity index (χ0n) is 22.6. The summed E-state index contributed by atoms with van der Waals surface area (Å²) < 4.78 is 7.61. The maximum Gasteiger partial charge on any atom is 0.241 e. The Labute approximate surface area is 224 Å². The van der Waals surface area contributed by atoms with Crippen molar-refractivity contribution in [3.63, 3.8) is 0 Å². The van der Waals surface area contributed by atoms with Crippen LogP contribution < -0.4 is 5.32 Å². The van der Waals surface area contributed by atoms with E-state index in [4.69, 9.17) is 4.52 Å². The number of nitrogens with one attached hydrogen (secondary N) is 1. The van der Waals surface area contributed by atoms with Gasteiger partial charge in [0.05, 0.1) is 18.2 Å². The smallest absolute Gasteiger partial charge is 0.241 e. The zero-order chi connectivity index (χ0) is 26.7. The first kappa shape index (κ1) is 25.9. The lowest BCUT2D eigenvalue weighted by molar-refractivity contribution is -0.127. The zero-order valence-corrected chi connectivity index (χ0v) is 22.6. The predicted octanol–water partition coefficient (Wildman–Crippen LogP) is 5.06. The van der Waals surface area contributed by atoms with Crippen LogP contribution in [0.1, 0.15) is 56.5 Å². The molecule has 1 saturated heterocycles. The Hall–Kier alpha value is -3.78. The van der Waals surface area contributed by atoms with Crippen molar-refractivity contribution in [2.75, 3.05) is 13.1 Å². The molecule has 0 bridgehead atoms. The van der Waals surface area contributed by atoms with E-state index in [2.05, 4.69) is 64.3 Å². The summed E-state index contributed by atoms with van der Waals surface area (Å²) in [6.07, 6.45) is 5.56. The number of amides is 1. The summed E-state index contributed by atoms with van der Waals surface area (Å²) in [4.78, 5) is 24.3. The molecule has 4 aromatic rings. The average molecular weight is 513 g/mol. The third-order valence-corrected chi connectivity index (χ3v) is 7.24. The van der Waals surface area contributed by atoms with Crippen molar-refractivity contribution in [3.05, 3.63) is 83.8 Å². The van der Waals surface area contributed by atoms with Crippen LogP contribution in [0.5, 0.6) is 0 Å². The van der Waals surface area contributed by atoms with Gasteiger partial charge in [0.1, 0.15) is 5.82 Å². The van der Waals surface area contributed by atoms with Gasteiger partial charge in [-0.05, 0) is 48.9 Å². The van der Waals surface area contributed by atoms with Crippen LogP contribution in [-0.2, 0) is 23.3 Å². The van der Waals surface area contributed by atoms with Crippen molar-refractivity contribution in [3.8, 4) is 17.1 Å². The Morgan fingerprint density at radius 2 is 1.92 bits per heavy atom. The highest BCUT2D eigenvalue weighted by Gasteiger charge is 2.27. The fraction of sp³-hybridized carbons (Fsp3) is 0.400. The van der Waals surface area contributed by atoms with Gasteiger partial charge in [0.25, 0.3) is 0 Å². The number of hydrogen-bond donors (Lipinski definition) is 1. The van der Waals surface area contributed by atoms with Gasteiger partial charge in [-0.25, -0.2) is 4.98 Å². The Kier molecular flexibility index (Phi) is 7.42. The number of carbonyl (C=O) groups is 1. The Morgan fingerprint density at radius 3 is 2.66 bits per heavy atom. The van der Waals surface area contributed by atoms with Crippen LogP contribution in [0.2, 0.25) is 0 Å². The first-order chi connectivity index (χ1) is 18.3. The van der Waals surface area contributed by atoms with Crippen LogP contribution in [0.3, 0.4) is 0 Å². The second-order valence-corrected chi connectivity index (χ2v) is 11.1. The number of likely N-dealkylation sites (tertiary alicyclic amines) is 1. The molecule has 198 valence electrons. The number of benzene rings is 2. The van der Waals surface area contributed by atoms with Gasteiger partial charge in [0, 0.05) is 31.0 Å². The van der Waals surface area contributed by atoms with Gasteiger partial charge in [-0.2, -0.15) is 4.98 Å². The molecule has 8 heteroatoms. The summed E-state index contributed by atoms with van der Waals surface area (Å²) in [5, 5.41) is 7.36. The minimum absolute atomic E-state index is 0.0711. The van der Waals surface area contributed by atoms with E-state index in [0.29, 0.717) is 31.3 Å². The van der Waals surface area contributed by atoms with Gasteiger partial charge in [-0.3, -0.25) is 9.69 Å². The number of rotatable bonds is 7. The van der Waals surface area contributed by atoms with Crippen LogP contribution in [-0.4, -0.2) is 43.6 Å². The standard InChI is InChI=1S/C30H36N6O2/c1-21-31-15-17-36(21)26-10-6-5-8-23(26)18-32-29(37)24-9-7-16-35(19-24)20-27-33-28(34-38-27)22-11-13-25(14-12-22)30(2,3)4/h5-6,8,10-15,17,24H,7,9,16,18-20H2,1-4H3,(H,32,37). The Bertz CT molecular complexity index is 1380. The van der Waals surface area contributed by atoms with Crippen LogP contribution in [0.25, 0.3) is 17.1 Å². The predicted molar refractivity (Wildman–Crippen MR) is 147 cm³/mol. The quantitative estimate of drug-likeness (QED) is 0.373. The summed E-state index contributed by atoms with van der Waals surface area (Å²) in [7, 11) is 0. The van der Waals surface area contributed by atoms with E-state index < -0.39 is 0 Å². The van der Waals surface area contributed by atoms with Crippen LogP contribution >= 0.6 is 0 Å². The second kappa shape index (κ2) is 10.9. The van der Waals surface area contributed by atoms with Gasteiger partial charge in [-0.15, -0.1) is 0 Å². The van der Waals surface area contributed by atoms with Crippen molar-refractivity contribution in [2.24, 2.45) is 5.92 Å². The number of para-hydroxylation sites is 1. The fourth-order valence-corrected chi connectivity index (χ4v) is 5.01. The number of hydrogen-bond acceptors (Lipinski definition) is 6. The van der Waals surface area contributed by atoms with E-state index in [1.54, 1.807) is 6.20 Å². The molecular formula is C30H36N6O2. The molecule has 0 radical (unpaired) electrons. The van der Waals surface area contributed by atoms with E-state index in [0.717, 1.165) is 42.0 Å². The van der Waals surface area contributed by atoms with Crippen molar-refractivity contribution >= 4 is 5.91 Å². The molecule has 0 saturated carbocycles. The van der Waals surface area contributed by atoms with Crippen LogP contribution in [0.4, 0.5) is 0 Å². The van der Waals surface area contributed by atoms with Gasteiger partial charge < -0.3 is 14.4 Å². The SMILES string of the molecule is Cc1nccn1-c1ccccc1CNC(=O)C1CCCN(Cc2nc(-c3ccc(C(C)(C)C)cc3)no2)C1. The number of aryl methyl sites for hydroxylation is 1. The van der Waals surface area contributed by atoms with Crippen LogP contribution in [0, 0.1) is 12.8 Å². The lowest BCUT2D eigenvalue weighted by Crippen LogP contribution is -2.42. The number of imidazole rings is 1. The highest BCUT2D eigenvalue weighted by molar-refractivity contribution is 5.79. The molecule has 1 amide bonds. The van der Waals surface area contributed by atoms with Crippen LogP contribution in [0.15, 0.2) is 65.4 Å². The molecule has 1 atom stereocenters. The van der Waals surface area contributed by atoms with Crippen molar-refractivity contribution in [2.45, 2.75) is 59.0 Å². The molecule has 3 heterocycles. The van der Waals surface area contributed by atoms with E-state index in [-0.39, 0.29) is 17.2 Å². The summed E-state index contributed by atoms with van der Waals surface area (Å²) >= 11 is 0. The van der Waals surface area contributed by atoms with Crippen molar-refractivity contribution < 1.29 is 9.32 Å². The molecule has 1 unspecified atom stereocenters. The molecule has 1 N–H and O–H groups in total. The molecule has 38 heavy (non-hydrogen) atoms. The molecule has 2 aromatic carbocycles. The first-order valence-electron chi connectivity index (χ1n) is 13.3. The number of piperidine rings is 1. The first-order valence-corrected chi connectivity index (χ1v) is 13.3. The van der Waals surface area contributed by atoms with Crippen molar-refractivity contribution in [1.29, 1.82) is 0 Å². The maximum atomic E-state index is 13.1. The topological polar surface area (TPSA) is 89.1 Å². The minimum atomic E-state index is -0.0711. The number of nitrogens with zero attached hydrogens (tertiary/aromatic N) is 5. The molecule has 1 fully saturated rings. The molecule has 5 rings (SSSR count). The number of carbonyl (C=O) groups excluding carboxylic acids is 1. The van der Waals surface area contributed by atoms with E-state index in [1.807, 2.05) is 48.0 Å². The van der Waals surface area contributed by atoms with Gasteiger partial charge >= 0.3 is 0 Å². The molecular weight excluding hydrogens is 476 g/mol. The molecule has 2 aromatic heterocycles. The molecule has 0 spiro atoms. The Balaban J connectivity index is 1.18. The highest BCUT2D eigenvalue weighted by atomic mass is 16.5. The average Bonchev–Trinajstić information content (AvgIpc) is 3.56. The molecule has 1 aliphatic rings. The second-order valence-electron chi connectivity index (χ2n) is 11.1. The largest absolute Gasteiger partial charge is 0.352 e. The molecule has 1 aliphatic heterocycles. The summed E-state index contributed by atoms with van der Waals surface area (Å²) in [6, 6.07) is 16.4. The normalized spacial score (nSPS) is 16.5. The highest BCUT2D eigenvalue weighted by Crippen LogP contribution is 2.26. The maximum absolute atomic E-state index is 13.1. The molecule has 0 aliphatic carbocycles. The van der Waals surface area contributed by atoms with Gasteiger partial charge in [-0.1, -0.05) is 68.4 Å². The van der Waals surface area contributed by atoms with Crippen molar-refractivity contribution in [1.82, 2.24) is 29.9 Å². The Morgan fingerprint density at radius 1 is 1.13 bits per heavy atom. The lowest BCUT2D eigenvalue weighted by Gasteiger charge is -2.31. The number of aromatic nitrogens is 4. The monoisotopic (exact) mass is 512 g/mol. The van der Waals surface area contributed by atoms with Gasteiger partial charge in [0.15, 0.2) is 0 Å². The van der Waals surface area contributed by atoms with E-state index >= 15 is 0 Å². The fourth-order valence-electron chi connectivity index (χ4n) is 5.01.